The van der Waals surface area contributed by atoms with Gasteiger partial charge in [-0.3, -0.25) is 9.88 Å². The van der Waals surface area contributed by atoms with E-state index in [2.05, 4.69) is 37.1 Å². The van der Waals surface area contributed by atoms with Crippen molar-refractivity contribution in [1.29, 1.82) is 0 Å². The lowest BCUT2D eigenvalue weighted by Crippen LogP contribution is -2.32. The van der Waals surface area contributed by atoms with Crippen molar-refractivity contribution in [3.8, 4) is 0 Å². The molecule has 4 heterocycles. The van der Waals surface area contributed by atoms with Gasteiger partial charge in [-0.15, -0.1) is 0 Å². The molecule has 8 nitrogen and oxygen atoms in total. The number of hydrogen-bond donors (Lipinski definition) is 1. The van der Waals surface area contributed by atoms with Crippen LogP contribution in [-0.2, 0) is 6.54 Å². The summed E-state index contributed by atoms with van der Waals surface area (Å²) in [6.45, 7) is 7.60. The summed E-state index contributed by atoms with van der Waals surface area (Å²) >= 11 is 1.51. The van der Waals surface area contributed by atoms with Crippen LogP contribution < -0.4 is 10.2 Å². The van der Waals surface area contributed by atoms with Gasteiger partial charge in [0, 0.05) is 41.5 Å². The highest BCUT2D eigenvalue weighted by Crippen LogP contribution is 2.35. The number of amides is 1. The van der Waals surface area contributed by atoms with Gasteiger partial charge in [0.25, 0.3) is 0 Å². The largest absolute Gasteiger partial charge is 0.351 e. The zero-order chi connectivity index (χ0) is 18.3. The fourth-order valence-corrected chi connectivity index (χ4v) is 4.23. The van der Waals surface area contributed by atoms with Crippen LogP contribution in [0.15, 0.2) is 24.8 Å². The molecule has 0 aliphatic carbocycles. The predicted molar refractivity (Wildman–Crippen MR) is 99.7 cm³/mol. The molecule has 26 heavy (non-hydrogen) atoms. The zero-order valence-corrected chi connectivity index (χ0v) is 15.6. The molecule has 1 aliphatic heterocycles. The number of aryl methyl sites for hydroxylation is 2. The van der Waals surface area contributed by atoms with Crippen LogP contribution in [0.4, 0.5) is 15.7 Å². The van der Waals surface area contributed by atoms with Gasteiger partial charge in [0.05, 0.1) is 12.2 Å². The van der Waals surface area contributed by atoms with Crippen LogP contribution in [0.1, 0.15) is 34.9 Å². The van der Waals surface area contributed by atoms with Gasteiger partial charge in [-0.2, -0.15) is 0 Å². The lowest BCUT2D eigenvalue weighted by Gasteiger charge is -2.31. The van der Waals surface area contributed by atoms with E-state index in [1.807, 2.05) is 19.9 Å². The molecule has 0 saturated heterocycles. The number of aromatic nitrogens is 5. The monoisotopic (exact) mass is 369 g/mol. The lowest BCUT2D eigenvalue weighted by atomic mass is 10.0. The highest BCUT2D eigenvalue weighted by atomic mass is 32.1. The summed E-state index contributed by atoms with van der Waals surface area (Å²) in [4.78, 5) is 33.0. The Balaban J connectivity index is 1.57. The second-order valence-corrected chi connectivity index (χ2v) is 7.51. The second kappa shape index (κ2) is 6.49. The number of carbonyl (C=O) groups is 1. The zero-order valence-electron chi connectivity index (χ0n) is 14.8. The summed E-state index contributed by atoms with van der Waals surface area (Å²) in [5, 5.41) is 3.45. The molecule has 1 N–H and O–H groups in total. The maximum Gasteiger partial charge on any atom is 0.333 e. The van der Waals surface area contributed by atoms with Gasteiger partial charge < -0.3 is 4.90 Å². The molecular formula is C17H19N7OS. The van der Waals surface area contributed by atoms with Crippen molar-refractivity contribution < 1.29 is 4.79 Å². The molecule has 3 aromatic heterocycles. The summed E-state index contributed by atoms with van der Waals surface area (Å²) in [6, 6.07) is 1.74. The molecule has 0 saturated carbocycles. The molecule has 0 bridgehead atoms. The highest BCUT2D eigenvalue weighted by Gasteiger charge is 2.28. The molecule has 1 unspecified atom stereocenters. The van der Waals surface area contributed by atoms with Gasteiger partial charge in [-0.05, 0) is 13.8 Å². The van der Waals surface area contributed by atoms with Gasteiger partial charge >= 0.3 is 6.03 Å². The van der Waals surface area contributed by atoms with Crippen LogP contribution in [0.25, 0.3) is 0 Å². The molecule has 9 heteroatoms. The van der Waals surface area contributed by atoms with Gasteiger partial charge in [-0.1, -0.05) is 18.3 Å². The second-order valence-electron chi connectivity index (χ2n) is 6.42. The Morgan fingerprint density at radius 3 is 2.88 bits per heavy atom. The van der Waals surface area contributed by atoms with Crippen LogP contribution >= 0.6 is 11.3 Å². The Bertz CT molecular complexity index is 930. The fraction of sp³-hybridized carbons (Fsp3) is 0.353. The van der Waals surface area contributed by atoms with E-state index in [1.165, 1.54) is 22.2 Å². The molecule has 0 spiro atoms. The van der Waals surface area contributed by atoms with Crippen molar-refractivity contribution >= 4 is 28.3 Å². The van der Waals surface area contributed by atoms with Crippen molar-refractivity contribution in [2.75, 3.05) is 16.8 Å². The number of thiazole rings is 1. The first kappa shape index (κ1) is 16.6. The van der Waals surface area contributed by atoms with Crippen molar-refractivity contribution in [2.45, 2.75) is 33.2 Å². The fourth-order valence-electron chi connectivity index (χ4n) is 3.14. The number of anilines is 2. The SMILES string of the molecule is Cc1cc(N2Cc3sc(NC(=O)n4ccnc4)nc3C(C)C2)nc(C)n1. The molecule has 3 aromatic rings. The molecule has 1 amide bonds. The number of imidazole rings is 1. The van der Waals surface area contributed by atoms with E-state index in [0.717, 1.165) is 41.0 Å². The third-order valence-electron chi connectivity index (χ3n) is 4.25. The third-order valence-corrected chi connectivity index (χ3v) is 5.22. The quantitative estimate of drug-likeness (QED) is 0.747. The summed E-state index contributed by atoms with van der Waals surface area (Å²) < 4.78 is 1.39. The Kier molecular flexibility index (Phi) is 4.15. The molecule has 0 fully saturated rings. The number of nitrogens with one attached hydrogen (secondary N) is 1. The topological polar surface area (TPSA) is 88.8 Å². The molecule has 0 radical (unpaired) electrons. The van der Waals surface area contributed by atoms with Crippen LogP contribution in [0.3, 0.4) is 0 Å². The molecule has 0 aromatic carbocycles. The summed E-state index contributed by atoms with van der Waals surface area (Å²) in [5.41, 5.74) is 2.01. The first-order valence-corrected chi connectivity index (χ1v) is 9.17. The molecule has 4 rings (SSSR count). The first-order valence-electron chi connectivity index (χ1n) is 8.35. The van der Waals surface area contributed by atoms with Crippen LogP contribution in [0.5, 0.6) is 0 Å². The van der Waals surface area contributed by atoms with E-state index >= 15 is 0 Å². The van der Waals surface area contributed by atoms with E-state index in [4.69, 9.17) is 0 Å². The molecule has 1 atom stereocenters. The average molecular weight is 369 g/mol. The highest BCUT2D eigenvalue weighted by molar-refractivity contribution is 7.15. The number of rotatable bonds is 2. The number of hydrogen-bond acceptors (Lipinski definition) is 7. The average Bonchev–Trinajstić information content (AvgIpc) is 3.23. The van der Waals surface area contributed by atoms with Gasteiger partial charge in [0.2, 0.25) is 0 Å². The van der Waals surface area contributed by atoms with Crippen LogP contribution in [-0.4, -0.2) is 37.1 Å². The predicted octanol–water partition coefficient (Wildman–Crippen LogP) is 2.95. The third kappa shape index (κ3) is 3.17. The smallest absolute Gasteiger partial charge is 0.333 e. The van der Waals surface area contributed by atoms with Crippen LogP contribution in [0, 0.1) is 13.8 Å². The maximum absolute atomic E-state index is 12.2. The Morgan fingerprint density at radius 1 is 1.31 bits per heavy atom. The minimum absolute atomic E-state index is 0.254. The van der Waals surface area contributed by atoms with Gasteiger partial charge in [-0.25, -0.2) is 24.7 Å². The standard InChI is InChI=1S/C17H19N7OS/c1-10-7-24(14-6-11(2)19-12(3)20-14)8-13-15(10)21-16(26-13)22-17(25)23-5-4-18-9-23/h4-6,9-10H,7-8H2,1-3H3,(H,21,22,25). The minimum atomic E-state index is -0.264. The first-order chi connectivity index (χ1) is 12.5. The lowest BCUT2D eigenvalue weighted by molar-refractivity contribution is 0.253. The summed E-state index contributed by atoms with van der Waals surface area (Å²) in [6.07, 6.45) is 4.64. The van der Waals surface area contributed by atoms with E-state index < -0.39 is 0 Å². The molecule has 1 aliphatic rings. The van der Waals surface area contributed by atoms with E-state index in [1.54, 1.807) is 12.4 Å². The minimum Gasteiger partial charge on any atom is -0.351 e. The van der Waals surface area contributed by atoms with E-state index in [9.17, 15) is 4.79 Å². The molecular weight excluding hydrogens is 350 g/mol. The number of carbonyl (C=O) groups excluding carboxylic acids is 1. The van der Waals surface area contributed by atoms with E-state index in [-0.39, 0.29) is 11.9 Å². The van der Waals surface area contributed by atoms with Crippen molar-refractivity contribution in [1.82, 2.24) is 24.5 Å². The van der Waals surface area contributed by atoms with Crippen LogP contribution in [0.2, 0.25) is 0 Å². The van der Waals surface area contributed by atoms with Gasteiger partial charge in [0.15, 0.2) is 5.13 Å². The summed E-state index contributed by atoms with van der Waals surface area (Å²) in [5.74, 6) is 1.96. The van der Waals surface area contributed by atoms with Gasteiger partial charge in [0.1, 0.15) is 18.0 Å². The van der Waals surface area contributed by atoms with E-state index in [0.29, 0.717) is 5.13 Å². The normalized spacial score (nSPS) is 16.4. The van der Waals surface area contributed by atoms with Crippen molar-refractivity contribution in [3.63, 3.8) is 0 Å². The summed E-state index contributed by atoms with van der Waals surface area (Å²) in [7, 11) is 0. The number of fused-ring (bicyclic) bond motifs is 1. The maximum atomic E-state index is 12.2. The Labute approximate surface area is 155 Å². The molecule has 134 valence electrons. The van der Waals surface area contributed by atoms with Crippen molar-refractivity contribution in [2.24, 2.45) is 0 Å². The Morgan fingerprint density at radius 2 is 2.15 bits per heavy atom. The van der Waals surface area contributed by atoms with Crippen molar-refractivity contribution in [3.05, 3.63) is 46.9 Å². The number of nitrogens with zero attached hydrogens (tertiary/aromatic N) is 6. The Hall–Kier alpha value is -2.81.